The number of aromatic nitrogens is 2. The van der Waals surface area contributed by atoms with Crippen molar-refractivity contribution in [2.75, 3.05) is 6.61 Å². The van der Waals surface area contributed by atoms with E-state index in [9.17, 15) is 4.79 Å². The van der Waals surface area contributed by atoms with Crippen LogP contribution in [-0.4, -0.2) is 22.4 Å². The number of esters is 1. The summed E-state index contributed by atoms with van der Waals surface area (Å²) in [5.74, 6) is -0.331. The minimum Gasteiger partial charge on any atom is -0.462 e. The van der Waals surface area contributed by atoms with Gasteiger partial charge in [0.15, 0.2) is 0 Å². The van der Waals surface area contributed by atoms with Gasteiger partial charge < -0.3 is 4.74 Å². The van der Waals surface area contributed by atoms with Gasteiger partial charge in [0.25, 0.3) is 0 Å². The zero-order valence-electron chi connectivity index (χ0n) is 11.0. The number of benzene rings is 1. The number of ether oxygens (including phenoxy) is 1. The van der Waals surface area contributed by atoms with Crippen molar-refractivity contribution in [1.82, 2.24) is 9.78 Å². The summed E-state index contributed by atoms with van der Waals surface area (Å²) >= 11 is 0. The molecule has 1 aromatic carbocycles. The van der Waals surface area contributed by atoms with Gasteiger partial charge in [-0.05, 0) is 32.0 Å². The number of nitrogens with zero attached hydrogens (tertiary/aromatic N) is 3. The second-order valence-corrected chi connectivity index (χ2v) is 4.29. The van der Waals surface area contributed by atoms with Crippen LogP contribution in [0.25, 0.3) is 10.9 Å². The van der Waals surface area contributed by atoms with Crippen molar-refractivity contribution in [3.8, 4) is 6.07 Å². The van der Waals surface area contributed by atoms with Crippen LogP contribution in [0, 0.1) is 11.3 Å². The molecule has 0 amide bonds. The van der Waals surface area contributed by atoms with Gasteiger partial charge in [-0.25, -0.2) is 4.79 Å². The minimum absolute atomic E-state index is 0.0101. The van der Waals surface area contributed by atoms with Crippen molar-refractivity contribution in [3.05, 3.63) is 30.0 Å². The second-order valence-electron chi connectivity index (χ2n) is 4.29. The first-order valence-electron chi connectivity index (χ1n) is 6.18. The Morgan fingerprint density at radius 2 is 2.37 bits per heavy atom. The number of hydrogen-bond acceptors (Lipinski definition) is 4. The Balaban J connectivity index is 2.37. The fourth-order valence-electron chi connectivity index (χ4n) is 1.96. The van der Waals surface area contributed by atoms with Crippen molar-refractivity contribution in [2.45, 2.75) is 26.3 Å². The SMILES string of the molecule is CCOC(=O)c1ccc2c(cnn2C(C)CC#N)c1. The van der Waals surface area contributed by atoms with Crippen molar-refractivity contribution >= 4 is 16.9 Å². The van der Waals surface area contributed by atoms with Gasteiger partial charge in [0.05, 0.1) is 42.4 Å². The van der Waals surface area contributed by atoms with Crippen molar-refractivity contribution in [2.24, 2.45) is 0 Å². The smallest absolute Gasteiger partial charge is 0.338 e. The van der Waals surface area contributed by atoms with E-state index in [2.05, 4.69) is 11.2 Å². The summed E-state index contributed by atoms with van der Waals surface area (Å²) < 4.78 is 6.76. The standard InChI is InChI=1S/C14H15N3O2/c1-3-19-14(18)11-4-5-13-12(8-11)9-16-17(13)10(2)6-7-15/h4-5,8-10H,3,6H2,1-2H3. The van der Waals surface area contributed by atoms with Crippen LogP contribution < -0.4 is 0 Å². The number of fused-ring (bicyclic) bond motifs is 1. The Hall–Kier alpha value is -2.35. The number of nitriles is 1. The average Bonchev–Trinajstić information content (AvgIpc) is 2.82. The maximum atomic E-state index is 11.6. The van der Waals surface area contributed by atoms with E-state index in [1.165, 1.54) is 0 Å². The second kappa shape index (κ2) is 5.53. The fraction of sp³-hybridized carbons (Fsp3) is 0.357. The lowest BCUT2D eigenvalue weighted by Gasteiger charge is -2.09. The number of carbonyl (C=O) groups excluding carboxylic acids is 1. The van der Waals surface area contributed by atoms with E-state index in [-0.39, 0.29) is 12.0 Å². The van der Waals surface area contributed by atoms with E-state index in [1.807, 2.05) is 13.0 Å². The zero-order valence-corrected chi connectivity index (χ0v) is 11.0. The third kappa shape index (κ3) is 2.58. The van der Waals surface area contributed by atoms with E-state index in [0.717, 1.165) is 10.9 Å². The highest BCUT2D eigenvalue weighted by atomic mass is 16.5. The lowest BCUT2D eigenvalue weighted by atomic mass is 10.1. The highest BCUT2D eigenvalue weighted by molar-refractivity contribution is 5.94. The molecule has 1 unspecified atom stereocenters. The number of rotatable bonds is 4. The molecule has 0 aliphatic rings. The van der Waals surface area contributed by atoms with Gasteiger partial charge in [0, 0.05) is 5.39 Å². The Morgan fingerprint density at radius 1 is 1.58 bits per heavy atom. The molecule has 0 bridgehead atoms. The van der Waals surface area contributed by atoms with Gasteiger partial charge in [-0.3, -0.25) is 4.68 Å². The van der Waals surface area contributed by atoms with Gasteiger partial charge in [-0.2, -0.15) is 10.4 Å². The first-order chi connectivity index (χ1) is 9.17. The summed E-state index contributed by atoms with van der Waals surface area (Å²) in [6.07, 6.45) is 2.10. The van der Waals surface area contributed by atoms with E-state index in [4.69, 9.17) is 10.00 Å². The Kier molecular flexibility index (Phi) is 3.81. The molecule has 0 radical (unpaired) electrons. The first kappa shape index (κ1) is 13.1. The van der Waals surface area contributed by atoms with Gasteiger partial charge in [0.2, 0.25) is 0 Å². The van der Waals surface area contributed by atoms with Crippen molar-refractivity contribution in [3.63, 3.8) is 0 Å². The van der Waals surface area contributed by atoms with Crippen LogP contribution in [0.5, 0.6) is 0 Å². The topological polar surface area (TPSA) is 67.9 Å². The van der Waals surface area contributed by atoms with Gasteiger partial charge in [-0.1, -0.05) is 0 Å². The van der Waals surface area contributed by atoms with Crippen LogP contribution in [0.3, 0.4) is 0 Å². The molecule has 1 aromatic heterocycles. The molecule has 0 N–H and O–H groups in total. The monoisotopic (exact) mass is 257 g/mol. The summed E-state index contributed by atoms with van der Waals surface area (Å²) in [4.78, 5) is 11.6. The molecule has 1 atom stereocenters. The van der Waals surface area contributed by atoms with Gasteiger partial charge in [-0.15, -0.1) is 0 Å². The maximum absolute atomic E-state index is 11.6. The molecule has 5 heteroatoms. The molecule has 19 heavy (non-hydrogen) atoms. The van der Waals surface area contributed by atoms with Crippen LogP contribution >= 0.6 is 0 Å². The zero-order chi connectivity index (χ0) is 13.8. The van der Waals surface area contributed by atoms with Crippen LogP contribution in [0.1, 0.15) is 36.7 Å². The van der Waals surface area contributed by atoms with Crippen LogP contribution in [0.15, 0.2) is 24.4 Å². The maximum Gasteiger partial charge on any atom is 0.338 e. The van der Waals surface area contributed by atoms with Crippen molar-refractivity contribution in [1.29, 1.82) is 5.26 Å². The summed E-state index contributed by atoms with van der Waals surface area (Å²) in [5, 5.41) is 13.9. The largest absolute Gasteiger partial charge is 0.462 e. The fourth-order valence-corrected chi connectivity index (χ4v) is 1.96. The molecule has 98 valence electrons. The van der Waals surface area contributed by atoms with Crippen LogP contribution in [0.4, 0.5) is 0 Å². The lowest BCUT2D eigenvalue weighted by Crippen LogP contribution is -2.06. The average molecular weight is 257 g/mol. The molecule has 0 saturated carbocycles. The lowest BCUT2D eigenvalue weighted by molar-refractivity contribution is 0.0526. The molecule has 5 nitrogen and oxygen atoms in total. The van der Waals surface area contributed by atoms with Gasteiger partial charge in [0.1, 0.15) is 0 Å². The summed E-state index contributed by atoms with van der Waals surface area (Å²) in [6, 6.07) is 7.46. The normalized spacial score (nSPS) is 12.1. The third-order valence-electron chi connectivity index (χ3n) is 2.91. The molecule has 1 heterocycles. The molecule has 0 aliphatic heterocycles. The molecular weight excluding hydrogens is 242 g/mol. The van der Waals surface area contributed by atoms with Gasteiger partial charge >= 0.3 is 5.97 Å². The molecule has 0 saturated heterocycles. The number of carbonyl (C=O) groups is 1. The predicted molar refractivity (Wildman–Crippen MR) is 70.6 cm³/mol. The molecule has 0 aliphatic carbocycles. The Labute approximate surface area is 111 Å². The third-order valence-corrected chi connectivity index (χ3v) is 2.91. The van der Waals surface area contributed by atoms with E-state index >= 15 is 0 Å². The quantitative estimate of drug-likeness (QED) is 0.790. The van der Waals surface area contributed by atoms with E-state index in [0.29, 0.717) is 18.6 Å². The highest BCUT2D eigenvalue weighted by Gasteiger charge is 2.12. The minimum atomic E-state index is -0.331. The van der Waals surface area contributed by atoms with E-state index < -0.39 is 0 Å². The van der Waals surface area contributed by atoms with Crippen molar-refractivity contribution < 1.29 is 9.53 Å². The summed E-state index contributed by atoms with van der Waals surface area (Å²) in [5.41, 5.74) is 1.43. The van der Waals surface area contributed by atoms with Crippen LogP contribution in [-0.2, 0) is 4.74 Å². The highest BCUT2D eigenvalue weighted by Crippen LogP contribution is 2.21. The number of hydrogen-bond donors (Lipinski definition) is 0. The Morgan fingerprint density at radius 3 is 3.05 bits per heavy atom. The molecule has 2 rings (SSSR count). The first-order valence-corrected chi connectivity index (χ1v) is 6.18. The van der Waals surface area contributed by atoms with E-state index in [1.54, 1.807) is 29.9 Å². The summed E-state index contributed by atoms with van der Waals surface area (Å²) in [6.45, 7) is 4.07. The van der Waals surface area contributed by atoms with Crippen LogP contribution in [0.2, 0.25) is 0 Å². The summed E-state index contributed by atoms with van der Waals surface area (Å²) in [7, 11) is 0. The predicted octanol–water partition coefficient (Wildman–Crippen LogP) is 2.69. The molecular formula is C14H15N3O2. The Bertz CT molecular complexity index is 640. The molecule has 2 aromatic rings. The molecule has 0 spiro atoms. The molecule has 0 fully saturated rings.